The van der Waals surface area contributed by atoms with Crippen molar-refractivity contribution in [3.63, 3.8) is 0 Å². The molecule has 0 saturated heterocycles. The summed E-state index contributed by atoms with van der Waals surface area (Å²) in [6.07, 6.45) is 14.4. The number of hydrogen-bond acceptors (Lipinski definition) is 5. The van der Waals surface area contributed by atoms with E-state index < -0.39 is 6.17 Å². The molecule has 0 spiro atoms. The second-order valence-electron chi connectivity index (χ2n) is 8.92. The number of rotatable bonds is 8. The molecule has 5 heterocycles. The summed E-state index contributed by atoms with van der Waals surface area (Å²) in [6.45, 7) is 2.16. The molecule has 1 N–H and O–H groups in total. The molecular formula is C25H25FN8. The van der Waals surface area contributed by atoms with Crippen molar-refractivity contribution in [2.75, 3.05) is 6.54 Å². The average molecular weight is 457 g/mol. The highest BCUT2D eigenvalue weighted by Crippen LogP contribution is 2.29. The predicted molar refractivity (Wildman–Crippen MR) is 126 cm³/mol. The highest BCUT2D eigenvalue weighted by Gasteiger charge is 2.28. The van der Waals surface area contributed by atoms with E-state index in [0.29, 0.717) is 25.3 Å². The summed E-state index contributed by atoms with van der Waals surface area (Å²) in [7, 11) is 0. The van der Waals surface area contributed by atoms with Gasteiger partial charge in [-0.1, -0.05) is 11.3 Å². The Bertz CT molecular complexity index is 1400. The van der Waals surface area contributed by atoms with Crippen LogP contribution in [0, 0.1) is 5.92 Å². The van der Waals surface area contributed by atoms with Gasteiger partial charge in [-0.25, -0.2) is 14.1 Å². The van der Waals surface area contributed by atoms with Gasteiger partial charge in [0.25, 0.3) is 0 Å². The molecule has 0 bridgehead atoms. The Balaban J connectivity index is 1.12. The number of fused-ring (bicyclic) bond motifs is 1. The number of imidazole rings is 1. The Morgan fingerprint density at radius 2 is 1.94 bits per heavy atom. The van der Waals surface area contributed by atoms with Crippen molar-refractivity contribution in [2.24, 2.45) is 5.92 Å². The van der Waals surface area contributed by atoms with Crippen LogP contribution in [0.2, 0.25) is 0 Å². The van der Waals surface area contributed by atoms with Gasteiger partial charge in [0, 0.05) is 43.1 Å². The molecule has 0 amide bonds. The minimum Gasteiger partial charge on any atom is -0.322 e. The highest BCUT2D eigenvalue weighted by atomic mass is 19.1. The van der Waals surface area contributed by atoms with Gasteiger partial charge in [-0.2, -0.15) is 0 Å². The van der Waals surface area contributed by atoms with Crippen LogP contribution in [0.1, 0.15) is 24.1 Å². The zero-order valence-corrected chi connectivity index (χ0v) is 18.6. The van der Waals surface area contributed by atoms with E-state index in [4.69, 9.17) is 4.98 Å². The number of pyridine rings is 2. The third-order valence-corrected chi connectivity index (χ3v) is 6.29. The molecule has 0 aromatic carbocycles. The van der Waals surface area contributed by atoms with Gasteiger partial charge in [-0.15, -0.1) is 5.10 Å². The van der Waals surface area contributed by atoms with Crippen molar-refractivity contribution >= 4 is 5.65 Å². The van der Waals surface area contributed by atoms with Crippen LogP contribution in [0.4, 0.5) is 4.39 Å². The zero-order valence-electron chi connectivity index (χ0n) is 18.6. The summed E-state index contributed by atoms with van der Waals surface area (Å²) in [5.41, 5.74) is 5.62. The van der Waals surface area contributed by atoms with Gasteiger partial charge < -0.3 is 14.3 Å². The van der Waals surface area contributed by atoms with E-state index in [2.05, 4.69) is 32.9 Å². The molecule has 9 heteroatoms. The van der Waals surface area contributed by atoms with Gasteiger partial charge in [-0.05, 0) is 55.1 Å². The summed E-state index contributed by atoms with van der Waals surface area (Å²) in [6, 6.07) is 10.1. The zero-order chi connectivity index (χ0) is 22.9. The molecule has 0 unspecified atom stereocenters. The van der Waals surface area contributed by atoms with E-state index in [0.717, 1.165) is 41.4 Å². The van der Waals surface area contributed by atoms with Crippen LogP contribution in [0.5, 0.6) is 0 Å². The molecule has 5 aromatic heterocycles. The lowest BCUT2D eigenvalue weighted by Crippen LogP contribution is -2.33. The predicted octanol–water partition coefficient (Wildman–Crippen LogP) is 3.66. The lowest BCUT2D eigenvalue weighted by atomic mass is 9.83. The van der Waals surface area contributed by atoms with E-state index >= 15 is 0 Å². The van der Waals surface area contributed by atoms with Gasteiger partial charge in [0.1, 0.15) is 17.5 Å². The normalized spacial score (nSPS) is 17.8. The van der Waals surface area contributed by atoms with Crippen molar-refractivity contribution in [1.29, 1.82) is 0 Å². The first-order valence-corrected chi connectivity index (χ1v) is 11.5. The fourth-order valence-electron chi connectivity index (χ4n) is 4.40. The first kappa shape index (κ1) is 20.7. The maximum atomic E-state index is 13.0. The topological polar surface area (TPSA) is 77.9 Å². The van der Waals surface area contributed by atoms with Gasteiger partial charge in [0.05, 0.1) is 30.3 Å². The maximum absolute atomic E-state index is 13.0. The first-order valence-electron chi connectivity index (χ1n) is 11.5. The molecule has 1 aliphatic carbocycles. The van der Waals surface area contributed by atoms with Crippen molar-refractivity contribution in [2.45, 2.75) is 32.1 Å². The molecule has 0 atom stereocenters. The summed E-state index contributed by atoms with van der Waals surface area (Å²) in [5, 5.41) is 12.1. The van der Waals surface area contributed by atoms with Crippen molar-refractivity contribution in [3.8, 4) is 16.9 Å². The van der Waals surface area contributed by atoms with Crippen LogP contribution in [0.25, 0.3) is 22.6 Å². The second-order valence-corrected chi connectivity index (χ2v) is 8.92. The van der Waals surface area contributed by atoms with Crippen molar-refractivity contribution in [3.05, 3.63) is 85.0 Å². The summed E-state index contributed by atoms with van der Waals surface area (Å²) >= 11 is 0. The third-order valence-electron chi connectivity index (χ3n) is 6.29. The molecule has 1 saturated carbocycles. The Morgan fingerprint density at radius 3 is 2.79 bits per heavy atom. The molecule has 0 aliphatic heterocycles. The maximum Gasteiger partial charge on any atom is 0.137 e. The molecule has 34 heavy (non-hydrogen) atoms. The molecule has 1 aliphatic rings. The smallest absolute Gasteiger partial charge is 0.137 e. The second kappa shape index (κ2) is 8.83. The largest absolute Gasteiger partial charge is 0.322 e. The van der Waals surface area contributed by atoms with Crippen molar-refractivity contribution < 1.29 is 4.39 Å². The quantitative estimate of drug-likeness (QED) is 0.386. The molecular weight excluding hydrogens is 431 g/mol. The molecule has 8 nitrogen and oxygen atoms in total. The summed E-state index contributed by atoms with van der Waals surface area (Å²) in [5.74, 6) is 0.471. The first-order chi connectivity index (χ1) is 16.7. The number of halogens is 1. The number of nitrogens with zero attached hydrogens (tertiary/aromatic N) is 7. The molecule has 0 radical (unpaired) electrons. The van der Waals surface area contributed by atoms with E-state index in [-0.39, 0.29) is 0 Å². The number of alkyl halides is 1. The third kappa shape index (κ3) is 4.34. The fourth-order valence-corrected chi connectivity index (χ4v) is 4.40. The Labute approximate surface area is 196 Å². The molecule has 1 fully saturated rings. The molecule has 6 rings (SSSR count). The van der Waals surface area contributed by atoms with Gasteiger partial charge in [-0.3, -0.25) is 4.98 Å². The van der Waals surface area contributed by atoms with E-state index in [9.17, 15) is 4.39 Å². The standard InChI is InChI=1S/C25H25FN8/c26-21-7-19(8-21)11-27-10-18-3-4-25-29-22(15-33(25)14-18)16-34-17-24(30-31-34)20-9-23(13-28-12-20)32-5-1-2-6-32/h1-6,9,12-15,17,19,21,27H,7-8,10-11,16H2. The SMILES string of the molecule is FC1CC(CNCc2ccc3nc(Cn4cc(-c5cncc(-n6cccc6)c5)nn4)cn3c2)C1. The molecule has 5 aromatic rings. The van der Waals surface area contributed by atoms with Crippen LogP contribution in [-0.4, -0.2) is 46.6 Å². The fraction of sp³-hybridized carbons (Fsp3) is 0.280. The summed E-state index contributed by atoms with van der Waals surface area (Å²) in [4.78, 5) is 9.07. The number of nitrogens with one attached hydrogen (secondary N) is 1. The minimum absolute atomic E-state index is 0.471. The Hall–Kier alpha value is -3.85. The number of aromatic nitrogens is 7. The van der Waals surface area contributed by atoms with Gasteiger partial charge >= 0.3 is 0 Å². The molecule has 172 valence electrons. The van der Waals surface area contributed by atoms with Gasteiger partial charge in [0.15, 0.2) is 0 Å². The van der Waals surface area contributed by atoms with Gasteiger partial charge in [0.2, 0.25) is 0 Å². The van der Waals surface area contributed by atoms with Crippen LogP contribution in [0.3, 0.4) is 0 Å². The van der Waals surface area contributed by atoms with E-state index in [1.165, 1.54) is 5.56 Å². The van der Waals surface area contributed by atoms with Crippen LogP contribution < -0.4 is 5.32 Å². The van der Waals surface area contributed by atoms with Crippen LogP contribution in [-0.2, 0) is 13.1 Å². The van der Waals surface area contributed by atoms with E-state index in [1.807, 2.05) is 64.2 Å². The Kier molecular flexibility index (Phi) is 5.38. The average Bonchev–Trinajstić information content (AvgIpc) is 3.59. The van der Waals surface area contributed by atoms with E-state index in [1.54, 1.807) is 10.9 Å². The monoisotopic (exact) mass is 456 g/mol. The summed E-state index contributed by atoms with van der Waals surface area (Å²) < 4.78 is 18.8. The lowest BCUT2D eigenvalue weighted by molar-refractivity contribution is 0.129. The van der Waals surface area contributed by atoms with Crippen LogP contribution in [0.15, 0.2) is 73.7 Å². The van der Waals surface area contributed by atoms with Crippen molar-refractivity contribution in [1.82, 2.24) is 39.2 Å². The highest BCUT2D eigenvalue weighted by molar-refractivity contribution is 5.59. The minimum atomic E-state index is -0.597. The Morgan fingerprint density at radius 1 is 1.06 bits per heavy atom. The van der Waals surface area contributed by atoms with Crippen LogP contribution >= 0.6 is 0 Å². The number of hydrogen-bond donors (Lipinski definition) is 1. The lowest BCUT2D eigenvalue weighted by Gasteiger charge is -2.29.